The number of nitro groups is 1. The minimum Gasteiger partial charge on any atom is -0.497 e. The standard InChI is InChI=1S/C25H22N4O5/c1-16-21(10-7-11-22(16)29(31)32)26-25(30)20-15-28(17-8-5-4-6-9-17)27-24(20)19-14-18(33-2)12-13-23(19)34-3/h4-15H,1-3H3,(H,26,30). The maximum absolute atomic E-state index is 13.4. The van der Waals surface area contributed by atoms with E-state index in [1.165, 1.54) is 19.2 Å². The van der Waals surface area contributed by atoms with Crippen LogP contribution in [0, 0.1) is 17.0 Å². The number of benzene rings is 3. The minimum absolute atomic E-state index is 0.0764. The molecule has 3 aromatic carbocycles. The maximum atomic E-state index is 13.4. The molecule has 0 aliphatic rings. The summed E-state index contributed by atoms with van der Waals surface area (Å²) in [5.41, 5.74) is 2.59. The van der Waals surface area contributed by atoms with Gasteiger partial charge in [0.1, 0.15) is 17.2 Å². The second kappa shape index (κ2) is 9.45. The number of hydrogen-bond donors (Lipinski definition) is 1. The first-order valence-electron chi connectivity index (χ1n) is 10.4. The summed E-state index contributed by atoms with van der Waals surface area (Å²) in [5.74, 6) is 0.622. The lowest BCUT2D eigenvalue weighted by Crippen LogP contribution is -2.13. The summed E-state index contributed by atoms with van der Waals surface area (Å²) in [5, 5.41) is 18.8. The Kier molecular flexibility index (Phi) is 6.26. The Morgan fingerprint density at radius 2 is 1.79 bits per heavy atom. The zero-order valence-electron chi connectivity index (χ0n) is 18.8. The molecule has 1 amide bonds. The molecule has 0 bridgehead atoms. The summed E-state index contributed by atoms with van der Waals surface area (Å²) in [6.45, 7) is 1.59. The number of methoxy groups -OCH3 is 2. The van der Waals surface area contributed by atoms with E-state index in [1.807, 2.05) is 30.3 Å². The van der Waals surface area contributed by atoms with Gasteiger partial charge in [-0.15, -0.1) is 0 Å². The summed E-state index contributed by atoms with van der Waals surface area (Å²) in [6, 6.07) is 19.1. The first-order chi connectivity index (χ1) is 16.4. The molecule has 0 fully saturated rings. The Balaban J connectivity index is 1.84. The number of aromatic nitrogens is 2. The van der Waals surface area contributed by atoms with Crippen molar-refractivity contribution in [2.45, 2.75) is 6.92 Å². The molecule has 1 heterocycles. The van der Waals surface area contributed by atoms with Crippen molar-refractivity contribution in [3.8, 4) is 28.4 Å². The van der Waals surface area contributed by atoms with Crippen LogP contribution >= 0.6 is 0 Å². The molecule has 0 aliphatic carbocycles. The van der Waals surface area contributed by atoms with Gasteiger partial charge in [-0.05, 0) is 43.3 Å². The number of amides is 1. The monoisotopic (exact) mass is 458 g/mol. The van der Waals surface area contributed by atoms with Crippen LogP contribution in [0.3, 0.4) is 0 Å². The van der Waals surface area contributed by atoms with E-state index >= 15 is 0 Å². The van der Waals surface area contributed by atoms with Gasteiger partial charge in [-0.3, -0.25) is 14.9 Å². The van der Waals surface area contributed by atoms with Gasteiger partial charge in [0.05, 0.1) is 41.6 Å². The van der Waals surface area contributed by atoms with Crippen molar-refractivity contribution < 1.29 is 19.2 Å². The fourth-order valence-electron chi connectivity index (χ4n) is 3.60. The molecule has 34 heavy (non-hydrogen) atoms. The number of anilines is 1. The van der Waals surface area contributed by atoms with Crippen molar-refractivity contribution >= 4 is 17.3 Å². The third-order valence-electron chi connectivity index (χ3n) is 5.39. The number of hydrogen-bond acceptors (Lipinski definition) is 6. The first-order valence-corrected chi connectivity index (χ1v) is 10.4. The van der Waals surface area contributed by atoms with Gasteiger partial charge in [0.25, 0.3) is 11.6 Å². The Morgan fingerprint density at radius 3 is 2.47 bits per heavy atom. The number of nitrogens with one attached hydrogen (secondary N) is 1. The molecule has 0 saturated heterocycles. The summed E-state index contributed by atoms with van der Waals surface area (Å²) in [7, 11) is 3.08. The summed E-state index contributed by atoms with van der Waals surface area (Å²) in [4.78, 5) is 24.3. The predicted octanol–water partition coefficient (Wildman–Crippen LogP) is 5.03. The van der Waals surface area contributed by atoms with Crippen LogP contribution in [0.2, 0.25) is 0 Å². The SMILES string of the molecule is COc1ccc(OC)c(-c2nn(-c3ccccc3)cc2C(=O)Nc2cccc([N+](=O)[O-])c2C)c1. The largest absolute Gasteiger partial charge is 0.497 e. The molecule has 0 aliphatic heterocycles. The fraction of sp³-hybridized carbons (Fsp3) is 0.120. The van der Waals surface area contributed by atoms with Gasteiger partial charge in [-0.1, -0.05) is 24.3 Å². The number of nitro benzene ring substituents is 1. The van der Waals surface area contributed by atoms with Gasteiger partial charge >= 0.3 is 0 Å². The van der Waals surface area contributed by atoms with Gasteiger partial charge in [0.2, 0.25) is 0 Å². The molecule has 0 spiro atoms. The normalized spacial score (nSPS) is 10.6. The average molecular weight is 458 g/mol. The van der Waals surface area contributed by atoms with E-state index in [0.717, 1.165) is 5.69 Å². The van der Waals surface area contributed by atoms with Crippen molar-refractivity contribution in [2.75, 3.05) is 19.5 Å². The number of para-hydroxylation sites is 1. The Morgan fingerprint density at radius 1 is 1.03 bits per heavy atom. The smallest absolute Gasteiger partial charge is 0.274 e. The number of carbonyl (C=O) groups excluding carboxylic acids is 1. The van der Waals surface area contributed by atoms with Crippen LogP contribution in [-0.2, 0) is 0 Å². The van der Waals surface area contributed by atoms with E-state index in [4.69, 9.17) is 9.47 Å². The van der Waals surface area contributed by atoms with E-state index in [1.54, 1.807) is 49.2 Å². The Hall–Kier alpha value is -4.66. The van der Waals surface area contributed by atoms with Gasteiger partial charge < -0.3 is 14.8 Å². The molecular formula is C25H22N4O5. The summed E-state index contributed by atoms with van der Waals surface area (Å²) < 4.78 is 12.5. The van der Waals surface area contributed by atoms with Crippen LogP contribution in [0.1, 0.15) is 15.9 Å². The predicted molar refractivity (Wildman–Crippen MR) is 128 cm³/mol. The van der Waals surface area contributed by atoms with Crippen LogP contribution in [0.25, 0.3) is 16.9 Å². The molecule has 4 rings (SSSR count). The molecule has 0 unspecified atom stereocenters. The van der Waals surface area contributed by atoms with E-state index < -0.39 is 10.8 Å². The number of nitrogens with zero attached hydrogens (tertiary/aromatic N) is 3. The molecule has 9 heteroatoms. The molecule has 9 nitrogen and oxygen atoms in total. The topological polar surface area (TPSA) is 109 Å². The highest BCUT2D eigenvalue weighted by Crippen LogP contribution is 2.35. The van der Waals surface area contributed by atoms with Gasteiger partial charge in [0, 0.05) is 17.8 Å². The zero-order chi connectivity index (χ0) is 24.2. The van der Waals surface area contributed by atoms with Crippen molar-refractivity contribution in [3.05, 3.63) is 94.2 Å². The lowest BCUT2D eigenvalue weighted by molar-refractivity contribution is -0.385. The number of carbonyl (C=O) groups is 1. The van der Waals surface area contributed by atoms with Crippen LogP contribution in [0.4, 0.5) is 11.4 Å². The quantitative estimate of drug-likeness (QED) is 0.307. The minimum atomic E-state index is -0.481. The summed E-state index contributed by atoms with van der Waals surface area (Å²) in [6.07, 6.45) is 1.62. The highest BCUT2D eigenvalue weighted by atomic mass is 16.6. The molecular weight excluding hydrogens is 436 g/mol. The van der Waals surface area contributed by atoms with Crippen LogP contribution in [0.15, 0.2) is 72.9 Å². The lowest BCUT2D eigenvalue weighted by atomic mass is 10.1. The molecule has 172 valence electrons. The van der Waals surface area contributed by atoms with Crippen molar-refractivity contribution in [3.63, 3.8) is 0 Å². The van der Waals surface area contributed by atoms with E-state index in [9.17, 15) is 14.9 Å². The molecule has 0 atom stereocenters. The van der Waals surface area contributed by atoms with E-state index in [2.05, 4.69) is 10.4 Å². The molecule has 4 aromatic rings. The van der Waals surface area contributed by atoms with Gasteiger partial charge in [0.15, 0.2) is 0 Å². The molecule has 1 aromatic heterocycles. The lowest BCUT2D eigenvalue weighted by Gasteiger charge is -2.11. The third-order valence-corrected chi connectivity index (χ3v) is 5.39. The third kappa shape index (κ3) is 4.31. The number of ether oxygens (including phenoxy) is 2. The van der Waals surface area contributed by atoms with Gasteiger partial charge in [-0.2, -0.15) is 5.10 Å². The van der Waals surface area contributed by atoms with Crippen LogP contribution in [0.5, 0.6) is 11.5 Å². The zero-order valence-corrected chi connectivity index (χ0v) is 18.8. The molecule has 0 radical (unpaired) electrons. The fourth-order valence-corrected chi connectivity index (χ4v) is 3.60. The van der Waals surface area contributed by atoms with E-state index in [-0.39, 0.29) is 11.3 Å². The summed E-state index contributed by atoms with van der Waals surface area (Å²) >= 11 is 0. The highest BCUT2D eigenvalue weighted by molar-refractivity contribution is 6.09. The van der Waals surface area contributed by atoms with Crippen molar-refractivity contribution in [1.82, 2.24) is 9.78 Å². The van der Waals surface area contributed by atoms with Crippen LogP contribution < -0.4 is 14.8 Å². The molecule has 0 saturated carbocycles. The van der Waals surface area contributed by atoms with E-state index in [0.29, 0.717) is 34.0 Å². The highest BCUT2D eigenvalue weighted by Gasteiger charge is 2.23. The Bertz CT molecular complexity index is 1370. The molecule has 1 N–H and O–H groups in total. The second-order valence-electron chi connectivity index (χ2n) is 7.40. The second-order valence-corrected chi connectivity index (χ2v) is 7.40. The average Bonchev–Trinajstić information content (AvgIpc) is 3.31. The number of rotatable bonds is 7. The van der Waals surface area contributed by atoms with Crippen molar-refractivity contribution in [2.24, 2.45) is 0 Å². The maximum Gasteiger partial charge on any atom is 0.274 e. The Labute approximate surface area is 195 Å². The van der Waals surface area contributed by atoms with Crippen molar-refractivity contribution in [1.29, 1.82) is 0 Å². The first kappa shape index (κ1) is 22.5. The van der Waals surface area contributed by atoms with Crippen LogP contribution in [-0.4, -0.2) is 34.8 Å². The van der Waals surface area contributed by atoms with Gasteiger partial charge in [-0.25, -0.2) is 4.68 Å².